The van der Waals surface area contributed by atoms with Crippen LogP contribution in [-0.4, -0.2) is 48.5 Å². The van der Waals surface area contributed by atoms with Gasteiger partial charge in [-0.3, -0.25) is 4.79 Å². The van der Waals surface area contributed by atoms with E-state index in [0.717, 1.165) is 0 Å². The van der Waals surface area contributed by atoms with Crippen LogP contribution in [0.1, 0.15) is 24.2 Å². The summed E-state index contributed by atoms with van der Waals surface area (Å²) in [5.41, 5.74) is 0.499. The Morgan fingerprint density at radius 3 is 2.58 bits per heavy atom. The van der Waals surface area contributed by atoms with E-state index < -0.39 is 6.04 Å². The van der Waals surface area contributed by atoms with Gasteiger partial charge in [-0.15, -0.1) is 0 Å². The largest absolute Gasteiger partial charge is 0.464 e. The summed E-state index contributed by atoms with van der Waals surface area (Å²) in [6.45, 7) is 3.79. The number of ether oxygens (including phenoxy) is 1. The van der Waals surface area contributed by atoms with E-state index >= 15 is 0 Å². The molecule has 1 atom stereocenters. The van der Waals surface area contributed by atoms with E-state index in [1.54, 1.807) is 40.1 Å². The van der Waals surface area contributed by atoms with Crippen molar-refractivity contribution < 1.29 is 14.3 Å². The summed E-state index contributed by atoms with van der Waals surface area (Å²) in [6, 6.07) is 2.84. The number of amides is 1. The van der Waals surface area contributed by atoms with Gasteiger partial charge in [0, 0.05) is 20.3 Å². The molecule has 1 aromatic heterocycles. The van der Waals surface area contributed by atoms with Gasteiger partial charge in [-0.2, -0.15) is 0 Å². The number of carbonyl (C=O) groups is 2. The Morgan fingerprint density at radius 2 is 2.11 bits per heavy atom. The number of pyridine rings is 1. The van der Waals surface area contributed by atoms with E-state index in [4.69, 9.17) is 4.74 Å². The maximum absolute atomic E-state index is 11.7. The summed E-state index contributed by atoms with van der Waals surface area (Å²) in [5.74, 6) is 0.0751. The molecule has 0 bridgehead atoms. The lowest BCUT2D eigenvalue weighted by molar-refractivity contribution is -0.143. The summed E-state index contributed by atoms with van der Waals surface area (Å²) in [6.07, 6.45) is 1.47. The highest BCUT2D eigenvalue weighted by Crippen LogP contribution is 2.08. The lowest BCUT2D eigenvalue weighted by atomic mass is 10.2. The molecule has 0 fully saturated rings. The zero-order chi connectivity index (χ0) is 14.4. The van der Waals surface area contributed by atoms with Crippen molar-refractivity contribution in [2.45, 2.75) is 19.9 Å². The van der Waals surface area contributed by atoms with Gasteiger partial charge in [-0.1, -0.05) is 0 Å². The molecule has 1 aromatic rings. The molecule has 0 radical (unpaired) electrons. The molecule has 1 N–H and O–H groups in total. The lowest BCUT2D eigenvalue weighted by Crippen LogP contribution is -2.28. The van der Waals surface area contributed by atoms with Gasteiger partial charge >= 0.3 is 5.97 Å². The lowest BCUT2D eigenvalue weighted by Gasteiger charge is -2.14. The smallest absolute Gasteiger partial charge is 0.328 e. The van der Waals surface area contributed by atoms with E-state index in [-0.39, 0.29) is 11.9 Å². The van der Waals surface area contributed by atoms with Gasteiger partial charge in [0.2, 0.25) is 0 Å². The second kappa shape index (κ2) is 6.72. The standard InChI is InChI=1S/C13H19N3O3/c1-5-19-13(18)9(2)15-11-7-6-10(8-14-11)12(17)16(3)4/h6-9H,5H2,1-4H3,(H,14,15). The van der Waals surface area contributed by atoms with Crippen molar-refractivity contribution in [1.29, 1.82) is 0 Å². The molecule has 0 spiro atoms. The third kappa shape index (κ3) is 4.24. The number of nitrogens with zero attached hydrogens (tertiary/aromatic N) is 2. The number of carbonyl (C=O) groups excluding carboxylic acids is 2. The van der Waals surface area contributed by atoms with Crippen LogP contribution in [-0.2, 0) is 9.53 Å². The van der Waals surface area contributed by atoms with E-state index in [9.17, 15) is 9.59 Å². The van der Waals surface area contributed by atoms with Gasteiger partial charge in [0.25, 0.3) is 5.91 Å². The quantitative estimate of drug-likeness (QED) is 0.808. The third-order valence-electron chi connectivity index (χ3n) is 2.42. The maximum atomic E-state index is 11.7. The van der Waals surface area contributed by atoms with Crippen LogP contribution in [0.15, 0.2) is 18.3 Å². The van der Waals surface area contributed by atoms with Gasteiger partial charge in [0.1, 0.15) is 11.9 Å². The molecular weight excluding hydrogens is 246 g/mol. The van der Waals surface area contributed by atoms with Crippen molar-refractivity contribution in [2.75, 3.05) is 26.0 Å². The Morgan fingerprint density at radius 1 is 1.42 bits per heavy atom. The van der Waals surface area contributed by atoms with Crippen molar-refractivity contribution in [2.24, 2.45) is 0 Å². The highest BCUT2D eigenvalue weighted by atomic mass is 16.5. The Hall–Kier alpha value is -2.11. The minimum absolute atomic E-state index is 0.113. The number of rotatable bonds is 5. The minimum atomic E-state index is -0.483. The molecule has 6 heteroatoms. The first kappa shape index (κ1) is 14.9. The molecule has 0 saturated heterocycles. The zero-order valence-electron chi connectivity index (χ0n) is 11.6. The normalized spacial score (nSPS) is 11.6. The molecule has 104 valence electrons. The Labute approximate surface area is 112 Å². The van der Waals surface area contributed by atoms with E-state index in [0.29, 0.717) is 18.0 Å². The van der Waals surface area contributed by atoms with Crippen LogP contribution in [0.25, 0.3) is 0 Å². The Kier molecular flexibility index (Phi) is 5.29. The monoisotopic (exact) mass is 265 g/mol. The first-order valence-corrected chi connectivity index (χ1v) is 6.06. The van der Waals surface area contributed by atoms with Crippen molar-refractivity contribution >= 4 is 17.7 Å². The van der Waals surface area contributed by atoms with Gasteiger partial charge in [0.15, 0.2) is 0 Å². The third-order valence-corrected chi connectivity index (χ3v) is 2.42. The number of nitrogens with one attached hydrogen (secondary N) is 1. The number of hydrogen-bond donors (Lipinski definition) is 1. The van der Waals surface area contributed by atoms with Crippen LogP contribution >= 0.6 is 0 Å². The van der Waals surface area contributed by atoms with Gasteiger partial charge in [0.05, 0.1) is 12.2 Å². The second-order valence-electron chi connectivity index (χ2n) is 4.25. The number of esters is 1. The molecule has 1 rings (SSSR count). The molecule has 6 nitrogen and oxygen atoms in total. The zero-order valence-corrected chi connectivity index (χ0v) is 11.6. The summed E-state index contributed by atoms with van der Waals surface area (Å²) >= 11 is 0. The number of anilines is 1. The minimum Gasteiger partial charge on any atom is -0.464 e. The first-order valence-electron chi connectivity index (χ1n) is 6.06. The average Bonchev–Trinajstić information content (AvgIpc) is 2.38. The molecular formula is C13H19N3O3. The molecule has 0 saturated carbocycles. The Bertz CT molecular complexity index is 443. The van der Waals surface area contributed by atoms with Crippen LogP contribution in [0.2, 0.25) is 0 Å². The molecule has 0 aliphatic carbocycles. The van der Waals surface area contributed by atoms with Crippen LogP contribution in [0, 0.1) is 0 Å². The highest BCUT2D eigenvalue weighted by molar-refractivity contribution is 5.93. The number of aromatic nitrogens is 1. The Balaban J connectivity index is 2.67. The maximum Gasteiger partial charge on any atom is 0.328 e. The summed E-state index contributed by atoms with van der Waals surface area (Å²) in [7, 11) is 3.36. The summed E-state index contributed by atoms with van der Waals surface area (Å²) in [4.78, 5) is 28.7. The molecule has 0 aliphatic heterocycles. The fourth-order valence-electron chi connectivity index (χ4n) is 1.41. The van der Waals surface area contributed by atoms with Gasteiger partial charge in [-0.25, -0.2) is 9.78 Å². The predicted molar refractivity (Wildman–Crippen MR) is 72.0 cm³/mol. The predicted octanol–water partition coefficient (Wildman–Crippen LogP) is 1.15. The summed E-state index contributed by atoms with van der Waals surface area (Å²) in [5, 5.41) is 2.91. The highest BCUT2D eigenvalue weighted by Gasteiger charge is 2.14. The topological polar surface area (TPSA) is 71.5 Å². The van der Waals surface area contributed by atoms with Crippen LogP contribution in [0.5, 0.6) is 0 Å². The van der Waals surface area contributed by atoms with Crippen molar-refractivity contribution in [3.8, 4) is 0 Å². The van der Waals surface area contributed by atoms with Gasteiger partial charge < -0.3 is 15.0 Å². The first-order chi connectivity index (χ1) is 8.95. The van der Waals surface area contributed by atoms with Crippen LogP contribution in [0.4, 0.5) is 5.82 Å². The second-order valence-corrected chi connectivity index (χ2v) is 4.25. The number of hydrogen-bond acceptors (Lipinski definition) is 5. The molecule has 1 heterocycles. The molecule has 0 aliphatic rings. The van der Waals surface area contributed by atoms with E-state index in [1.807, 2.05) is 0 Å². The van der Waals surface area contributed by atoms with Crippen molar-refractivity contribution in [3.05, 3.63) is 23.9 Å². The van der Waals surface area contributed by atoms with Crippen molar-refractivity contribution in [3.63, 3.8) is 0 Å². The summed E-state index contributed by atoms with van der Waals surface area (Å²) < 4.78 is 4.88. The van der Waals surface area contributed by atoms with Crippen LogP contribution in [0.3, 0.4) is 0 Å². The van der Waals surface area contributed by atoms with Gasteiger partial charge in [-0.05, 0) is 26.0 Å². The van der Waals surface area contributed by atoms with Crippen LogP contribution < -0.4 is 5.32 Å². The fourth-order valence-corrected chi connectivity index (χ4v) is 1.41. The molecule has 1 amide bonds. The fraction of sp³-hybridized carbons (Fsp3) is 0.462. The van der Waals surface area contributed by atoms with E-state index in [2.05, 4.69) is 10.3 Å². The average molecular weight is 265 g/mol. The molecule has 1 unspecified atom stereocenters. The molecule has 0 aromatic carbocycles. The SMILES string of the molecule is CCOC(=O)C(C)Nc1ccc(C(=O)N(C)C)cn1. The molecule has 19 heavy (non-hydrogen) atoms. The van der Waals surface area contributed by atoms with E-state index in [1.165, 1.54) is 11.1 Å². The van der Waals surface area contributed by atoms with Crippen molar-refractivity contribution in [1.82, 2.24) is 9.88 Å².